The van der Waals surface area contributed by atoms with Gasteiger partial charge in [0.15, 0.2) is 5.96 Å². The Morgan fingerprint density at radius 3 is 2.48 bits per heavy atom. The number of rotatable bonds is 7. The summed E-state index contributed by atoms with van der Waals surface area (Å²) >= 11 is 0. The molecule has 5 nitrogen and oxygen atoms in total. The molecule has 0 spiro atoms. The first-order valence-electron chi connectivity index (χ1n) is 10.7. The lowest BCUT2D eigenvalue weighted by Crippen LogP contribution is -2.42. The molecule has 0 aliphatic carbocycles. The zero-order valence-corrected chi connectivity index (χ0v) is 17.4. The molecule has 2 saturated heterocycles. The van der Waals surface area contributed by atoms with E-state index in [-0.39, 0.29) is 6.04 Å². The topological polar surface area (TPSA) is 42.9 Å². The van der Waals surface area contributed by atoms with Crippen molar-refractivity contribution in [1.82, 2.24) is 15.5 Å². The van der Waals surface area contributed by atoms with Crippen LogP contribution in [-0.2, 0) is 0 Å². The molecule has 0 amide bonds. The van der Waals surface area contributed by atoms with E-state index in [1.165, 1.54) is 69.7 Å². The van der Waals surface area contributed by atoms with Crippen LogP contribution in [0.15, 0.2) is 29.3 Å². The van der Waals surface area contributed by atoms with E-state index in [1.54, 1.807) is 0 Å². The predicted octanol–water partition coefficient (Wildman–Crippen LogP) is 3.24. The largest absolute Gasteiger partial charge is 0.372 e. The van der Waals surface area contributed by atoms with E-state index >= 15 is 0 Å². The van der Waals surface area contributed by atoms with Gasteiger partial charge < -0.3 is 20.4 Å². The Morgan fingerprint density at radius 2 is 1.78 bits per heavy atom. The maximum atomic E-state index is 4.43. The Kier molecular flexibility index (Phi) is 7.39. The number of likely N-dealkylation sites (tertiary alicyclic amines) is 1. The SMILES string of the molecule is CN=C(NCC(C)CN1CCCC1)NC(C)c1cccc(N2CCCC2)c1. The molecule has 1 aromatic rings. The number of benzene rings is 1. The van der Waals surface area contributed by atoms with Gasteiger partial charge in [0, 0.05) is 38.9 Å². The third-order valence-electron chi connectivity index (χ3n) is 5.80. The first-order valence-corrected chi connectivity index (χ1v) is 10.7. The van der Waals surface area contributed by atoms with Crippen molar-refractivity contribution >= 4 is 11.6 Å². The summed E-state index contributed by atoms with van der Waals surface area (Å²) in [5.74, 6) is 1.51. The van der Waals surface area contributed by atoms with Crippen molar-refractivity contribution in [2.75, 3.05) is 51.2 Å². The second-order valence-electron chi connectivity index (χ2n) is 8.22. The Bertz CT molecular complexity index is 602. The van der Waals surface area contributed by atoms with E-state index in [1.807, 2.05) is 7.05 Å². The summed E-state index contributed by atoms with van der Waals surface area (Å²) in [7, 11) is 1.86. The Balaban J connectivity index is 1.49. The van der Waals surface area contributed by atoms with E-state index in [2.05, 4.69) is 63.5 Å². The summed E-state index contributed by atoms with van der Waals surface area (Å²) in [5, 5.41) is 7.07. The summed E-state index contributed by atoms with van der Waals surface area (Å²) in [4.78, 5) is 9.50. The standard InChI is InChI=1S/C22H37N5/c1-18(17-26-11-4-5-12-26)16-24-22(23-3)25-19(2)20-9-8-10-21(15-20)27-13-6-7-14-27/h8-10,15,18-19H,4-7,11-14,16-17H2,1-3H3,(H2,23,24,25). The molecule has 5 heteroatoms. The van der Waals surface area contributed by atoms with Gasteiger partial charge in [-0.2, -0.15) is 0 Å². The monoisotopic (exact) mass is 371 g/mol. The average Bonchev–Trinajstić information content (AvgIpc) is 3.39. The highest BCUT2D eigenvalue weighted by atomic mass is 15.2. The number of hydrogen-bond donors (Lipinski definition) is 2. The van der Waals surface area contributed by atoms with Crippen molar-refractivity contribution in [2.45, 2.75) is 45.6 Å². The first-order chi connectivity index (χ1) is 13.2. The molecule has 2 heterocycles. The van der Waals surface area contributed by atoms with E-state index in [0.29, 0.717) is 5.92 Å². The molecule has 2 atom stereocenters. The highest BCUT2D eigenvalue weighted by Crippen LogP contribution is 2.23. The number of nitrogens with one attached hydrogen (secondary N) is 2. The highest BCUT2D eigenvalue weighted by molar-refractivity contribution is 5.80. The second kappa shape index (κ2) is 9.98. The Labute approximate surface area is 165 Å². The van der Waals surface area contributed by atoms with E-state index in [0.717, 1.165) is 12.5 Å². The van der Waals surface area contributed by atoms with Gasteiger partial charge in [0.05, 0.1) is 6.04 Å². The molecule has 2 aliphatic rings. The van der Waals surface area contributed by atoms with E-state index in [4.69, 9.17) is 0 Å². The molecule has 2 unspecified atom stereocenters. The van der Waals surface area contributed by atoms with Gasteiger partial charge in [-0.15, -0.1) is 0 Å². The molecule has 150 valence electrons. The maximum absolute atomic E-state index is 4.43. The van der Waals surface area contributed by atoms with Crippen molar-refractivity contribution in [1.29, 1.82) is 0 Å². The zero-order valence-electron chi connectivity index (χ0n) is 17.4. The van der Waals surface area contributed by atoms with Crippen molar-refractivity contribution in [3.8, 4) is 0 Å². The molecular formula is C22H37N5. The van der Waals surface area contributed by atoms with Crippen LogP contribution in [0.5, 0.6) is 0 Å². The number of hydrogen-bond acceptors (Lipinski definition) is 3. The molecule has 2 fully saturated rings. The first kappa shape index (κ1) is 20.0. The molecule has 27 heavy (non-hydrogen) atoms. The fraction of sp³-hybridized carbons (Fsp3) is 0.682. The third-order valence-corrected chi connectivity index (χ3v) is 5.80. The minimum absolute atomic E-state index is 0.229. The minimum atomic E-state index is 0.229. The minimum Gasteiger partial charge on any atom is -0.372 e. The zero-order chi connectivity index (χ0) is 19.1. The molecular weight excluding hydrogens is 334 g/mol. The van der Waals surface area contributed by atoms with Crippen LogP contribution in [-0.4, -0.2) is 57.2 Å². The molecule has 2 aliphatic heterocycles. The molecule has 0 radical (unpaired) electrons. The number of anilines is 1. The summed E-state index contributed by atoms with van der Waals surface area (Å²) < 4.78 is 0. The Hall–Kier alpha value is -1.75. The summed E-state index contributed by atoms with van der Waals surface area (Å²) in [6.07, 6.45) is 5.34. The lowest BCUT2D eigenvalue weighted by Gasteiger charge is -2.24. The van der Waals surface area contributed by atoms with Gasteiger partial charge in [0.1, 0.15) is 0 Å². The fourth-order valence-corrected chi connectivity index (χ4v) is 4.19. The van der Waals surface area contributed by atoms with Gasteiger partial charge in [-0.25, -0.2) is 0 Å². The normalized spacial score (nSPS) is 20.7. The van der Waals surface area contributed by atoms with Gasteiger partial charge in [0.25, 0.3) is 0 Å². The van der Waals surface area contributed by atoms with Gasteiger partial charge >= 0.3 is 0 Å². The molecule has 2 N–H and O–H groups in total. The predicted molar refractivity (Wildman–Crippen MR) is 116 cm³/mol. The van der Waals surface area contributed by atoms with Crippen LogP contribution < -0.4 is 15.5 Å². The van der Waals surface area contributed by atoms with E-state index in [9.17, 15) is 0 Å². The Morgan fingerprint density at radius 1 is 1.07 bits per heavy atom. The lowest BCUT2D eigenvalue weighted by molar-refractivity contribution is 0.287. The van der Waals surface area contributed by atoms with Crippen LogP contribution in [0.4, 0.5) is 5.69 Å². The van der Waals surface area contributed by atoms with Gasteiger partial charge in [-0.05, 0) is 69.3 Å². The van der Waals surface area contributed by atoms with Crippen LogP contribution in [0.1, 0.15) is 51.1 Å². The second-order valence-corrected chi connectivity index (χ2v) is 8.22. The van der Waals surface area contributed by atoms with Gasteiger partial charge in [0.2, 0.25) is 0 Å². The highest BCUT2D eigenvalue weighted by Gasteiger charge is 2.16. The van der Waals surface area contributed by atoms with Crippen molar-refractivity contribution in [3.05, 3.63) is 29.8 Å². The molecule has 0 saturated carbocycles. The third kappa shape index (κ3) is 5.86. The molecule has 3 rings (SSSR count). The molecule has 1 aromatic carbocycles. The van der Waals surface area contributed by atoms with Gasteiger partial charge in [-0.3, -0.25) is 4.99 Å². The van der Waals surface area contributed by atoms with Crippen LogP contribution in [0, 0.1) is 5.92 Å². The van der Waals surface area contributed by atoms with Crippen molar-refractivity contribution < 1.29 is 0 Å². The number of nitrogens with zero attached hydrogens (tertiary/aromatic N) is 3. The van der Waals surface area contributed by atoms with Crippen molar-refractivity contribution in [2.24, 2.45) is 10.9 Å². The van der Waals surface area contributed by atoms with Crippen LogP contribution in [0.25, 0.3) is 0 Å². The fourth-order valence-electron chi connectivity index (χ4n) is 4.19. The maximum Gasteiger partial charge on any atom is 0.191 e. The van der Waals surface area contributed by atoms with E-state index < -0.39 is 0 Å². The van der Waals surface area contributed by atoms with Crippen molar-refractivity contribution in [3.63, 3.8) is 0 Å². The van der Waals surface area contributed by atoms with Crippen LogP contribution in [0.3, 0.4) is 0 Å². The number of guanidine groups is 1. The molecule has 0 aromatic heterocycles. The van der Waals surface area contributed by atoms with Gasteiger partial charge in [-0.1, -0.05) is 19.1 Å². The van der Waals surface area contributed by atoms with Crippen LogP contribution in [0.2, 0.25) is 0 Å². The lowest BCUT2D eigenvalue weighted by atomic mass is 10.1. The summed E-state index contributed by atoms with van der Waals surface area (Å²) in [5.41, 5.74) is 2.66. The summed E-state index contributed by atoms with van der Waals surface area (Å²) in [6, 6.07) is 9.17. The average molecular weight is 372 g/mol. The number of aliphatic imine (C=N–C) groups is 1. The van der Waals surface area contributed by atoms with Crippen LogP contribution >= 0.6 is 0 Å². The smallest absolute Gasteiger partial charge is 0.191 e. The quantitative estimate of drug-likeness (QED) is 0.570. The molecule has 0 bridgehead atoms. The summed E-state index contributed by atoms with van der Waals surface area (Å²) in [6.45, 7) is 11.6.